The molecule has 1 fully saturated rings. The first-order chi connectivity index (χ1) is 14.3. The average Bonchev–Trinajstić information content (AvgIpc) is 3.52. The monoisotopic (exact) mass is 374 g/mol. The third-order valence-corrected chi connectivity index (χ3v) is 6.19. The van der Waals surface area contributed by atoms with E-state index >= 15 is 0 Å². The molecule has 0 spiro atoms. The summed E-state index contributed by atoms with van der Waals surface area (Å²) in [5.74, 6) is 0.425. The Balaban J connectivity index is 1.75. The van der Waals surface area contributed by atoms with E-state index < -0.39 is 5.41 Å². The van der Waals surface area contributed by atoms with Gasteiger partial charge < -0.3 is 0 Å². The second-order valence-corrected chi connectivity index (χ2v) is 7.71. The predicted octanol–water partition coefficient (Wildman–Crippen LogP) is 6.39. The normalized spacial score (nSPS) is 22.8. The Morgan fingerprint density at radius 1 is 0.517 bits per heavy atom. The van der Waals surface area contributed by atoms with Gasteiger partial charge in [0.15, 0.2) is 5.78 Å². The second-order valence-electron chi connectivity index (χ2n) is 7.71. The topological polar surface area (TPSA) is 17.1 Å². The van der Waals surface area contributed by atoms with Crippen molar-refractivity contribution in [1.29, 1.82) is 0 Å². The van der Waals surface area contributed by atoms with Crippen molar-refractivity contribution in [2.75, 3.05) is 0 Å². The van der Waals surface area contributed by atoms with Gasteiger partial charge in [0.2, 0.25) is 0 Å². The van der Waals surface area contributed by atoms with Crippen LogP contribution in [0.3, 0.4) is 0 Å². The minimum atomic E-state index is -0.592. The minimum absolute atomic E-state index is 0.112. The van der Waals surface area contributed by atoms with Gasteiger partial charge in [-0.1, -0.05) is 121 Å². The van der Waals surface area contributed by atoms with Gasteiger partial charge in [-0.2, -0.15) is 0 Å². The van der Waals surface area contributed by atoms with E-state index in [4.69, 9.17) is 0 Å². The molecule has 0 amide bonds. The largest absolute Gasteiger partial charge is 0.293 e. The zero-order valence-electron chi connectivity index (χ0n) is 16.1. The predicted molar refractivity (Wildman–Crippen MR) is 117 cm³/mol. The molecule has 4 aromatic carbocycles. The maximum absolute atomic E-state index is 14.1. The highest BCUT2D eigenvalue weighted by atomic mass is 16.1. The number of hydrogen-bond acceptors (Lipinski definition) is 1. The molecule has 1 nitrogen and oxygen atoms in total. The maximum atomic E-state index is 14.1. The fourth-order valence-corrected chi connectivity index (χ4v) is 4.93. The molecule has 0 heterocycles. The molecule has 29 heavy (non-hydrogen) atoms. The van der Waals surface area contributed by atoms with E-state index in [1.165, 1.54) is 11.1 Å². The smallest absolute Gasteiger partial charge is 0.174 e. The van der Waals surface area contributed by atoms with Crippen LogP contribution in [0.4, 0.5) is 0 Å². The van der Waals surface area contributed by atoms with Crippen LogP contribution < -0.4 is 0 Å². The van der Waals surface area contributed by atoms with E-state index in [0.29, 0.717) is 0 Å². The number of ketones is 1. The lowest BCUT2D eigenvalue weighted by atomic mass is 9.82. The summed E-state index contributed by atoms with van der Waals surface area (Å²) in [6, 6.07) is 41.0. The Morgan fingerprint density at radius 2 is 0.897 bits per heavy atom. The van der Waals surface area contributed by atoms with E-state index in [1.54, 1.807) is 0 Å². The fraction of sp³-hybridized carbons (Fsp3) is 0.107. The molecule has 1 saturated carbocycles. The van der Waals surface area contributed by atoms with Crippen LogP contribution >= 0.6 is 0 Å². The summed E-state index contributed by atoms with van der Waals surface area (Å²) in [5.41, 5.74) is 3.71. The quantitative estimate of drug-likeness (QED) is 0.370. The number of Topliss-reactive ketones (excluding diaryl/α,β-unsaturated/α-hetero) is 1. The summed E-state index contributed by atoms with van der Waals surface area (Å²) in [7, 11) is 0. The zero-order valence-corrected chi connectivity index (χ0v) is 16.1. The van der Waals surface area contributed by atoms with Crippen LogP contribution in [-0.4, -0.2) is 5.78 Å². The molecular weight excluding hydrogens is 352 g/mol. The third-order valence-electron chi connectivity index (χ3n) is 6.19. The van der Waals surface area contributed by atoms with Crippen molar-refractivity contribution >= 4 is 5.78 Å². The van der Waals surface area contributed by atoms with E-state index in [2.05, 4.69) is 60.7 Å². The molecule has 2 atom stereocenters. The molecule has 0 bridgehead atoms. The number of carbonyl (C=O) groups is 1. The standard InChI is InChI=1S/C28H22O/c29-27(23-17-9-3-10-18-23)28(24-19-11-4-12-20-24)25(21-13-5-1-6-14-21)26(28)22-15-7-2-8-16-22/h1-20,25-26H. The first kappa shape index (κ1) is 17.6. The molecule has 0 saturated heterocycles. The van der Waals surface area contributed by atoms with E-state index in [0.717, 1.165) is 11.1 Å². The van der Waals surface area contributed by atoms with Crippen molar-refractivity contribution in [3.8, 4) is 0 Å². The van der Waals surface area contributed by atoms with Crippen LogP contribution in [0.15, 0.2) is 121 Å². The molecule has 4 aromatic rings. The van der Waals surface area contributed by atoms with Crippen molar-refractivity contribution in [2.24, 2.45) is 0 Å². The average molecular weight is 374 g/mol. The SMILES string of the molecule is O=C(c1ccccc1)C1(c2ccccc2)C(c2ccccc2)C1c1ccccc1. The zero-order chi connectivity index (χ0) is 19.7. The summed E-state index contributed by atoms with van der Waals surface area (Å²) < 4.78 is 0. The van der Waals surface area contributed by atoms with Gasteiger partial charge in [-0.05, 0) is 16.7 Å². The van der Waals surface area contributed by atoms with Gasteiger partial charge in [-0.3, -0.25) is 4.79 Å². The molecule has 0 radical (unpaired) electrons. The van der Waals surface area contributed by atoms with Gasteiger partial charge in [0.1, 0.15) is 0 Å². The van der Waals surface area contributed by atoms with Crippen molar-refractivity contribution < 1.29 is 4.79 Å². The number of carbonyl (C=O) groups excluding carboxylic acids is 1. The van der Waals surface area contributed by atoms with Crippen molar-refractivity contribution in [2.45, 2.75) is 17.3 Å². The molecular formula is C28H22O. The summed E-state index contributed by atoms with van der Waals surface area (Å²) >= 11 is 0. The van der Waals surface area contributed by atoms with Gasteiger partial charge in [-0.15, -0.1) is 0 Å². The highest BCUT2D eigenvalue weighted by molar-refractivity contribution is 6.09. The highest BCUT2D eigenvalue weighted by Crippen LogP contribution is 2.71. The van der Waals surface area contributed by atoms with Gasteiger partial charge in [0.05, 0.1) is 5.41 Å². The summed E-state index contributed by atoms with van der Waals surface area (Å²) in [5, 5.41) is 0. The van der Waals surface area contributed by atoms with Crippen molar-refractivity contribution in [3.05, 3.63) is 144 Å². The van der Waals surface area contributed by atoms with Crippen LogP contribution in [0.5, 0.6) is 0 Å². The van der Waals surface area contributed by atoms with Gasteiger partial charge >= 0.3 is 0 Å². The van der Waals surface area contributed by atoms with Gasteiger partial charge in [0, 0.05) is 17.4 Å². The molecule has 140 valence electrons. The van der Waals surface area contributed by atoms with E-state index in [-0.39, 0.29) is 17.6 Å². The van der Waals surface area contributed by atoms with Crippen molar-refractivity contribution in [1.82, 2.24) is 0 Å². The Bertz CT molecular complexity index is 1060. The fourth-order valence-electron chi connectivity index (χ4n) is 4.93. The third kappa shape index (κ3) is 2.82. The van der Waals surface area contributed by atoms with Crippen LogP contribution in [0.25, 0.3) is 0 Å². The van der Waals surface area contributed by atoms with Crippen LogP contribution in [0, 0.1) is 0 Å². The van der Waals surface area contributed by atoms with Crippen LogP contribution in [0.2, 0.25) is 0 Å². The Kier molecular flexibility index (Phi) is 4.37. The first-order valence-corrected chi connectivity index (χ1v) is 10.1. The molecule has 0 aliphatic heterocycles. The molecule has 5 rings (SSSR count). The Hall–Kier alpha value is -3.45. The molecule has 1 aliphatic carbocycles. The molecule has 0 N–H and O–H groups in total. The number of rotatable bonds is 5. The number of benzene rings is 4. The molecule has 1 heteroatoms. The van der Waals surface area contributed by atoms with E-state index in [1.807, 2.05) is 60.7 Å². The lowest BCUT2D eigenvalue weighted by molar-refractivity contribution is 0.0940. The van der Waals surface area contributed by atoms with Gasteiger partial charge in [-0.25, -0.2) is 0 Å². The van der Waals surface area contributed by atoms with Crippen molar-refractivity contribution in [3.63, 3.8) is 0 Å². The highest BCUT2D eigenvalue weighted by Gasteiger charge is 2.70. The summed E-state index contributed by atoms with van der Waals surface area (Å²) in [4.78, 5) is 14.1. The number of hydrogen-bond donors (Lipinski definition) is 0. The summed E-state index contributed by atoms with van der Waals surface area (Å²) in [6.07, 6.45) is 0. The molecule has 0 aromatic heterocycles. The second kappa shape index (κ2) is 7.18. The van der Waals surface area contributed by atoms with Crippen LogP contribution in [-0.2, 0) is 5.41 Å². The lowest BCUT2D eigenvalue weighted by Gasteiger charge is -2.19. The minimum Gasteiger partial charge on any atom is -0.293 e. The lowest BCUT2D eigenvalue weighted by Crippen LogP contribution is -2.24. The Labute approximate surface area is 171 Å². The summed E-state index contributed by atoms with van der Waals surface area (Å²) in [6.45, 7) is 0. The molecule has 2 unspecified atom stereocenters. The Morgan fingerprint density at radius 3 is 1.34 bits per heavy atom. The maximum Gasteiger partial charge on any atom is 0.174 e. The first-order valence-electron chi connectivity index (χ1n) is 10.1. The molecule has 1 aliphatic rings. The van der Waals surface area contributed by atoms with Gasteiger partial charge in [0.25, 0.3) is 0 Å². The van der Waals surface area contributed by atoms with E-state index in [9.17, 15) is 4.79 Å². The van der Waals surface area contributed by atoms with Crippen LogP contribution in [0.1, 0.15) is 38.9 Å².